The molecule has 0 heterocycles. The normalized spacial score (nSPS) is 12.1. The summed E-state index contributed by atoms with van der Waals surface area (Å²) in [6, 6.07) is 10.4. The second-order valence-corrected chi connectivity index (χ2v) is 6.34. The first-order chi connectivity index (χ1) is 8.22. The summed E-state index contributed by atoms with van der Waals surface area (Å²) in [4.78, 5) is 12.3. The molecule has 0 N–H and O–H groups in total. The maximum atomic E-state index is 11.0. The molecule has 1 unspecified atom stereocenters. The summed E-state index contributed by atoms with van der Waals surface area (Å²) in [5.74, 6) is 2.00. The smallest absolute Gasteiger partial charge is 0.306 e. The Morgan fingerprint density at radius 2 is 2.00 bits per heavy atom. The van der Waals surface area contributed by atoms with E-state index in [1.54, 1.807) is 0 Å². The van der Waals surface area contributed by atoms with E-state index >= 15 is 0 Å². The van der Waals surface area contributed by atoms with Gasteiger partial charge in [0.15, 0.2) is 0 Å². The van der Waals surface area contributed by atoms with Crippen LogP contribution >= 0.6 is 23.5 Å². The first-order valence-electron chi connectivity index (χ1n) is 5.58. The average Bonchev–Trinajstić information content (AvgIpc) is 2.36. The fourth-order valence-corrected chi connectivity index (χ4v) is 3.26. The van der Waals surface area contributed by atoms with Crippen LogP contribution in [-0.2, 0) is 9.53 Å². The van der Waals surface area contributed by atoms with Gasteiger partial charge in [-0.2, -0.15) is 11.8 Å². The quantitative estimate of drug-likeness (QED) is 0.430. The van der Waals surface area contributed by atoms with Crippen LogP contribution in [-0.4, -0.2) is 29.8 Å². The number of hydrogen-bond acceptors (Lipinski definition) is 4. The van der Waals surface area contributed by atoms with E-state index in [0.29, 0.717) is 11.7 Å². The maximum absolute atomic E-state index is 11.0. The fraction of sp³-hybridized carbons (Fsp3) is 0.462. The van der Waals surface area contributed by atoms with E-state index < -0.39 is 0 Å². The van der Waals surface area contributed by atoms with Gasteiger partial charge >= 0.3 is 5.97 Å². The third kappa shape index (κ3) is 6.64. The Morgan fingerprint density at radius 3 is 2.65 bits per heavy atom. The number of rotatable bonds is 7. The van der Waals surface area contributed by atoms with Gasteiger partial charge < -0.3 is 4.74 Å². The van der Waals surface area contributed by atoms with Crippen LogP contribution in [0.5, 0.6) is 0 Å². The van der Waals surface area contributed by atoms with Gasteiger partial charge in [0.25, 0.3) is 0 Å². The van der Waals surface area contributed by atoms with Crippen LogP contribution in [0.1, 0.15) is 13.3 Å². The van der Waals surface area contributed by atoms with Crippen molar-refractivity contribution in [2.75, 3.05) is 18.6 Å². The molecule has 94 valence electrons. The molecule has 0 aromatic heterocycles. The highest BCUT2D eigenvalue weighted by atomic mass is 32.2. The molecule has 0 radical (unpaired) electrons. The lowest BCUT2D eigenvalue weighted by Gasteiger charge is -2.09. The number of benzene rings is 1. The highest BCUT2D eigenvalue weighted by molar-refractivity contribution is 8.03. The molecule has 0 aliphatic carbocycles. The van der Waals surface area contributed by atoms with E-state index in [1.807, 2.05) is 29.6 Å². The van der Waals surface area contributed by atoms with E-state index in [1.165, 1.54) is 12.0 Å². The number of methoxy groups -OCH3 is 1. The van der Waals surface area contributed by atoms with E-state index in [9.17, 15) is 4.79 Å². The first-order valence-corrected chi connectivity index (χ1v) is 7.62. The Labute approximate surface area is 112 Å². The molecule has 0 bridgehead atoms. The molecule has 0 fully saturated rings. The zero-order valence-electron chi connectivity index (χ0n) is 10.2. The topological polar surface area (TPSA) is 26.3 Å². The van der Waals surface area contributed by atoms with Gasteiger partial charge in [0, 0.05) is 21.7 Å². The van der Waals surface area contributed by atoms with E-state index in [2.05, 4.69) is 35.9 Å². The Morgan fingerprint density at radius 1 is 1.29 bits per heavy atom. The SMILES string of the molecule is COC(=O)CC(C)SCCSc1ccccc1. The van der Waals surface area contributed by atoms with Crippen molar-refractivity contribution in [2.24, 2.45) is 0 Å². The van der Waals surface area contributed by atoms with Crippen LogP contribution in [0.25, 0.3) is 0 Å². The number of thioether (sulfide) groups is 2. The molecule has 1 aromatic rings. The molecule has 1 atom stereocenters. The summed E-state index contributed by atoms with van der Waals surface area (Å²) in [5.41, 5.74) is 0. The predicted octanol–water partition coefficient (Wildman–Crippen LogP) is 3.46. The molecule has 0 aliphatic rings. The van der Waals surface area contributed by atoms with Crippen molar-refractivity contribution in [3.05, 3.63) is 30.3 Å². The van der Waals surface area contributed by atoms with Crippen LogP contribution in [0.3, 0.4) is 0 Å². The summed E-state index contributed by atoms with van der Waals surface area (Å²) in [6.45, 7) is 2.06. The predicted molar refractivity (Wildman–Crippen MR) is 75.7 cm³/mol. The van der Waals surface area contributed by atoms with Crippen molar-refractivity contribution in [3.8, 4) is 0 Å². The molecule has 1 rings (SSSR count). The van der Waals surface area contributed by atoms with Crippen LogP contribution < -0.4 is 0 Å². The number of carbonyl (C=O) groups is 1. The lowest BCUT2D eigenvalue weighted by molar-refractivity contribution is -0.140. The van der Waals surface area contributed by atoms with Gasteiger partial charge in [-0.1, -0.05) is 25.1 Å². The molecule has 0 saturated carbocycles. The molecule has 0 aliphatic heterocycles. The highest BCUT2D eigenvalue weighted by Gasteiger charge is 2.08. The van der Waals surface area contributed by atoms with Gasteiger partial charge in [-0.15, -0.1) is 11.8 Å². The molecule has 17 heavy (non-hydrogen) atoms. The minimum Gasteiger partial charge on any atom is -0.469 e. The van der Waals surface area contributed by atoms with Crippen molar-refractivity contribution in [2.45, 2.75) is 23.5 Å². The monoisotopic (exact) mass is 270 g/mol. The minimum absolute atomic E-state index is 0.124. The van der Waals surface area contributed by atoms with Gasteiger partial charge in [0.05, 0.1) is 13.5 Å². The third-order valence-electron chi connectivity index (χ3n) is 2.18. The molecule has 0 saturated heterocycles. The van der Waals surface area contributed by atoms with E-state index in [-0.39, 0.29) is 5.97 Å². The Balaban J connectivity index is 2.10. The number of ether oxygens (including phenoxy) is 1. The van der Waals surface area contributed by atoms with Gasteiger partial charge in [-0.05, 0) is 12.1 Å². The Hall–Kier alpha value is -0.610. The summed E-state index contributed by atoms with van der Waals surface area (Å²) in [6.07, 6.45) is 0.497. The summed E-state index contributed by atoms with van der Waals surface area (Å²) in [7, 11) is 1.44. The summed E-state index contributed by atoms with van der Waals surface area (Å²) >= 11 is 3.67. The maximum Gasteiger partial charge on any atom is 0.306 e. The zero-order valence-corrected chi connectivity index (χ0v) is 11.9. The van der Waals surface area contributed by atoms with Crippen LogP contribution in [0.4, 0.5) is 0 Å². The zero-order chi connectivity index (χ0) is 12.5. The van der Waals surface area contributed by atoms with Crippen LogP contribution in [0.2, 0.25) is 0 Å². The molecule has 0 spiro atoms. The lowest BCUT2D eigenvalue weighted by Crippen LogP contribution is -2.09. The third-order valence-corrected chi connectivity index (χ3v) is 4.63. The van der Waals surface area contributed by atoms with Crippen molar-refractivity contribution < 1.29 is 9.53 Å². The van der Waals surface area contributed by atoms with Gasteiger partial charge in [-0.3, -0.25) is 4.79 Å². The lowest BCUT2D eigenvalue weighted by atomic mass is 10.3. The van der Waals surface area contributed by atoms with Gasteiger partial charge in [0.2, 0.25) is 0 Å². The molecular formula is C13H18O2S2. The van der Waals surface area contributed by atoms with Crippen molar-refractivity contribution in [1.82, 2.24) is 0 Å². The Kier molecular flexibility index (Phi) is 7.21. The summed E-state index contributed by atoms with van der Waals surface area (Å²) < 4.78 is 4.64. The molecule has 2 nitrogen and oxygen atoms in total. The molecule has 4 heteroatoms. The molecular weight excluding hydrogens is 252 g/mol. The number of carbonyl (C=O) groups excluding carboxylic acids is 1. The molecule has 0 amide bonds. The van der Waals surface area contributed by atoms with Gasteiger partial charge in [0.1, 0.15) is 0 Å². The second kappa shape index (κ2) is 8.48. The number of esters is 1. The largest absolute Gasteiger partial charge is 0.469 e. The van der Waals surface area contributed by atoms with Crippen molar-refractivity contribution in [3.63, 3.8) is 0 Å². The highest BCUT2D eigenvalue weighted by Crippen LogP contribution is 2.21. The van der Waals surface area contributed by atoms with E-state index in [0.717, 1.165) is 11.5 Å². The summed E-state index contributed by atoms with van der Waals surface area (Å²) in [5, 5.41) is 0.332. The van der Waals surface area contributed by atoms with Crippen molar-refractivity contribution >= 4 is 29.5 Å². The van der Waals surface area contributed by atoms with Crippen LogP contribution in [0.15, 0.2) is 35.2 Å². The Bertz CT molecular complexity index is 327. The van der Waals surface area contributed by atoms with E-state index in [4.69, 9.17) is 0 Å². The standard InChI is InChI=1S/C13H18O2S2/c1-11(10-13(14)15-2)16-8-9-17-12-6-4-3-5-7-12/h3-7,11H,8-10H2,1-2H3. The molecule has 1 aromatic carbocycles. The minimum atomic E-state index is -0.124. The van der Waals surface area contributed by atoms with Crippen LogP contribution in [0, 0.1) is 0 Å². The average molecular weight is 270 g/mol. The second-order valence-electron chi connectivity index (χ2n) is 3.62. The van der Waals surface area contributed by atoms with Gasteiger partial charge in [-0.25, -0.2) is 0 Å². The first kappa shape index (κ1) is 14.5. The number of hydrogen-bond donors (Lipinski definition) is 0. The van der Waals surface area contributed by atoms with Crippen molar-refractivity contribution in [1.29, 1.82) is 0 Å². The fourth-order valence-electron chi connectivity index (χ4n) is 1.30.